The van der Waals surface area contributed by atoms with Crippen LogP contribution in [0.5, 0.6) is 17.2 Å². The van der Waals surface area contributed by atoms with E-state index in [-0.39, 0.29) is 6.61 Å². The number of nitrogens with zero attached hydrogens (tertiary/aromatic N) is 1. The Bertz CT molecular complexity index is 573. The summed E-state index contributed by atoms with van der Waals surface area (Å²) in [6.45, 7) is -0.0503. The molecule has 0 atom stereocenters. The van der Waals surface area contributed by atoms with E-state index in [1.807, 2.05) is 18.2 Å². The summed E-state index contributed by atoms with van der Waals surface area (Å²) in [4.78, 5) is 4.11. The second-order valence-corrected chi connectivity index (χ2v) is 4.15. The van der Waals surface area contributed by atoms with Gasteiger partial charge < -0.3 is 19.3 Å². The van der Waals surface area contributed by atoms with Gasteiger partial charge in [-0.25, -0.2) is 0 Å². The van der Waals surface area contributed by atoms with Gasteiger partial charge in [0.05, 0.1) is 27.9 Å². The van der Waals surface area contributed by atoms with E-state index in [2.05, 4.69) is 4.98 Å². The summed E-state index contributed by atoms with van der Waals surface area (Å²) in [5.41, 5.74) is 2.49. The molecule has 1 aromatic carbocycles. The molecule has 2 aromatic rings. The summed E-state index contributed by atoms with van der Waals surface area (Å²) in [7, 11) is 4.71. The van der Waals surface area contributed by atoms with Gasteiger partial charge in [-0.3, -0.25) is 4.98 Å². The molecule has 0 radical (unpaired) electrons. The van der Waals surface area contributed by atoms with Gasteiger partial charge in [-0.2, -0.15) is 0 Å². The van der Waals surface area contributed by atoms with Gasteiger partial charge >= 0.3 is 0 Å². The molecule has 0 unspecified atom stereocenters. The SMILES string of the molecule is COc1cc(-c2cncc(CO)c2)cc(OC)c1OC. The molecule has 0 saturated carbocycles. The largest absolute Gasteiger partial charge is 0.493 e. The van der Waals surface area contributed by atoms with E-state index in [1.165, 1.54) is 0 Å². The van der Waals surface area contributed by atoms with Crippen LogP contribution >= 0.6 is 0 Å². The minimum atomic E-state index is -0.0503. The maximum Gasteiger partial charge on any atom is 0.203 e. The number of rotatable bonds is 5. The van der Waals surface area contributed by atoms with Gasteiger partial charge in [-0.15, -0.1) is 0 Å². The van der Waals surface area contributed by atoms with E-state index in [0.717, 1.165) is 16.7 Å². The highest BCUT2D eigenvalue weighted by molar-refractivity contribution is 5.70. The third kappa shape index (κ3) is 2.67. The summed E-state index contributed by atoms with van der Waals surface area (Å²) in [5.74, 6) is 1.71. The van der Waals surface area contributed by atoms with E-state index in [0.29, 0.717) is 17.2 Å². The fourth-order valence-electron chi connectivity index (χ4n) is 1.98. The standard InChI is InChI=1S/C15H17NO4/c1-18-13-5-11(6-14(19-2)15(13)20-3)12-4-10(9-17)7-16-8-12/h4-8,17H,9H2,1-3H3. The van der Waals surface area contributed by atoms with Gasteiger partial charge in [0.2, 0.25) is 5.75 Å². The van der Waals surface area contributed by atoms with Gasteiger partial charge in [0.1, 0.15) is 0 Å². The molecule has 0 saturated heterocycles. The topological polar surface area (TPSA) is 60.8 Å². The maximum atomic E-state index is 9.18. The number of hydrogen-bond acceptors (Lipinski definition) is 5. The number of aromatic nitrogens is 1. The van der Waals surface area contributed by atoms with Crippen LogP contribution in [0.4, 0.5) is 0 Å². The summed E-state index contributed by atoms with van der Waals surface area (Å²) in [6.07, 6.45) is 3.35. The molecule has 1 heterocycles. The quantitative estimate of drug-likeness (QED) is 0.907. The molecule has 5 heteroatoms. The number of aliphatic hydroxyl groups is 1. The lowest BCUT2D eigenvalue weighted by molar-refractivity contribution is 0.281. The van der Waals surface area contributed by atoms with Crippen molar-refractivity contribution >= 4 is 0 Å². The van der Waals surface area contributed by atoms with Gasteiger partial charge in [-0.05, 0) is 29.3 Å². The smallest absolute Gasteiger partial charge is 0.203 e. The molecule has 1 N–H and O–H groups in total. The number of aliphatic hydroxyl groups excluding tert-OH is 1. The monoisotopic (exact) mass is 275 g/mol. The molecule has 0 aliphatic carbocycles. The molecule has 0 bridgehead atoms. The van der Waals surface area contributed by atoms with Gasteiger partial charge in [0.15, 0.2) is 11.5 Å². The van der Waals surface area contributed by atoms with Crippen molar-refractivity contribution < 1.29 is 19.3 Å². The zero-order valence-corrected chi connectivity index (χ0v) is 11.7. The molecular weight excluding hydrogens is 258 g/mol. The van der Waals surface area contributed by atoms with Crippen LogP contribution in [-0.4, -0.2) is 31.4 Å². The summed E-state index contributed by atoms with van der Waals surface area (Å²) in [5, 5.41) is 9.18. The van der Waals surface area contributed by atoms with Crippen molar-refractivity contribution in [2.75, 3.05) is 21.3 Å². The second-order valence-electron chi connectivity index (χ2n) is 4.15. The Balaban J connectivity index is 2.56. The number of benzene rings is 1. The average Bonchev–Trinajstić information content (AvgIpc) is 2.53. The van der Waals surface area contributed by atoms with Crippen molar-refractivity contribution in [3.63, 3.8) is 0 Å². The molecule has 106 valence electrons. The Morgan fingerprint density at radius 2 is 1.55 bits per heavy atom. The van der Waals surface area contributed by atoms with Crippen molar-refractivity contribution in [2.24, 2.45) is 0 Å². The first-order chi connectivity index (χ1) is 9.73. The van der Waals surface area contributed by atoms with Crippen LogP contribution < -0.4 is 14.2 Å². The number of methoxy groups -OCH3 is 3. The van der Waals surface area contributed by atoms with E-state index in [9.17, 15) is 5.11 Å². The first-order valence-corrected chi connectivity index (χ1v) is 6.08. The molecule has 5 nitrogen and oxygen atoms in total. The summed E-state index contributed by atoms with van der Waals surface area (Å²) < 4.78 is 15.9. The Labute approximate surface area is 117 Å². The fraction of sp³-hybridized carbons (Fsp3) is 0.267. The van der Waals surface area contributed by atoms with Crippen molar-refractivity contribution in [1.82, 2.24) is 4.98 Å². The van der Waals surface area contributed by atoms with Crippen LogP contribution in [0, 0.1) is 0 Å². The minimum Gasteiger partial charge on any atom is -0.493 e. The lowest BCUT2D eigenvalue weighted by Crippen LogP contribution is -1.96. The summed E-state index contributed by atoms with van der Waals surface area (Å²) in [6, 6.07) is 5.56. The molecule has 0 aliphatic heterocycles. The van der Waals surface area contributed by atoms with Crippen LogP contribution in [0.25, 0.3) is 11.1 Å². The molecule has 0 spiro atoms. The van der Waals surface area contributed by atoms with Crippen molar-refractivity contribution in [3.8, 4) is 28.4 Å². The normalized spacial score (nSPS) is 10.2. The van der Waals surface area contributed by atoms with Gasteiger partial charge in [0, 0.05) is 18.0 Å². The van der Waals surface area contributed by atoms with Crippen molar-refractivity contribution in [1.29, 1.82) is 0 Å². The molecule has 1 aromatic heterocycles. The number of pyridine rings is 1. The van der Waals surface area contributed by atoms with Crippen molar-refractivity contribution in [2.45, 2.75) is 6.61 Å². The average molecular weight is 275 g/mol. The van der Waals surface area contributed by atoms with Crippen LogP contribution in [0.15, 0.2) is 30.6 Å². The highest BCUT2D eigenvalue weighted by Gasteiger charge is 2.14. The first-order valence-electron chi connectivity index (χ1n) is 6.08. The lowest BCUT2D eigenvalue weighted by atomic mass is 10.0. The van der Waals surface area contributed by atoms with Crippen LogP contribution in [0.3, 0.4) is 0 Å². The third-order valence-corrected chi connectivity index (χ3v) is 2.98. The Morgan fingerprint density at radius 3 is 2.05 bits per heavy atom. The molecule has 0 aliphatic rings. The fourth-order valence-corrected chi connectivity index (χ4v) is 1.98. The minimum absolute atomic E-state index is 0.0503. The zero-order valence-electron chi connectivity index (χ0n) is 11.7. The molecule has 0 fully saturated rings. The van der Waals surface area contributed by atoms with E-state index < -0.39 is 0 Å². The highest BCUT2D eigenvalue weighted by Crippen LogP contribution is 2.41. The lowest BCUT2D eigenvalue weighted by Gasteiger charge is -2.14. The molecule has 20 heavy (non-hydrogen) atoms. The number of hydrogen-bond donors (Lipinski definition) is 1. The zero-order chi connectivity index (χ0) is 14.5. The van der Waals surface area contributed by atoms with E-state index >= 15 is 0 Å². The third-order valence-electron chi connectivity index (χ3n) is 2.98. The first kappa shape index (κ1) is 14.1. The van der Waals surface area contributed by atoms with Gasteiger partial charge in [-0.1, -0.05) is 0 Å². The van der Waals surface area contributed by atoms with Crippen LogP contribution in [0.2, 0.25) is 0 Å². The molecule has 2 rings (SSSR count). The predicted molar refractivity (Wildman–Crippen MR) is 75.3 cm³/mol. The Morgan fingerprint density at radius 1 is 0.900 bits per heavy atom. The van der Waals surface area contributed by atoms with Crippen LogP contribution in [0.1, 0.15) is 5.56 Å². The van der Waals surface area contributed by atoms with E-state index in [4.69, 9.17) is 14.2 Å². The summed E-state index contributed by atoms with van der Waals surface area (Å²) >= 11 is 0. The van der Waals surface area contributed by atoms with Gasteiger partial charge in [0.25, 0.3) is 0 Å². The molecule has 0 amide bonds. The maximum absolute atomic E-state index is 9.18. The second kappa shape index (κ2) is 6.25. The van der Waals surface area contributed by atoms with Crippen molar-refractivity contribution in [3.05, 3.63) is 36.2 Å². The van der Waals surface area contributed by atoms with Crippen LogP contribution in [-0.2, 0) is 6.61 Å². The highest BCUT2D eigenvalue weighted by atomic mass is 16.5. The van der Waals surface area contributed by atoms with E-state index in [1.54, 1.807) is 33.7 Å². The Kier molecular flexibility index (Phi) is 4.42. The molecular formula is C15H17NO4. The predicted octanol–water partition coefficient (Wildman–Crippen LogP) is 2.27. The number of ether oxygens (including phenoxy) is 3. The Hall–Kier alpha value is -2.27.